The summed E-state index contributed by atoms with van der Waals surface area (Å²) >= 11 is 8.21. The van der Waals surface area contributed by atoms with E-state index in [-0.39, 0.29) is 60.7 Å². The lowest BCUT2D eigenvalue weighted by molar-refractivity contribution is -0.144. The van der Waals surface area contributed by atoms with Gasteiger partial charge in [0.05, 0.1) is 25.7 Å². The van der Waals surface area contributed by atoms with Crippen molar-refractivity contribution < 1.29 is 87.9 Å². The molecule has 32 heteroatoms. The molecule has 0 aliphatic rings. The summed E-state index contributed by atoms with van der Waals surface area (Å²) in [5.74, 6) is -15.7. The Labute approximate surface area is 516 Å². The van der Waals surface area contributed by atoms with Crippen LogP contribution >= 0.6 is 25.3 Å². The average molecular weight is 1270 g/mol. The first-order valence-electron chi connectivity index (χ1n) is 28.4. The summed E-state index contributed by atoms with van der Waals surface area (Å²) in [5.41, 5.74) is 5.75. The minimum absolute atomic E-state index is 0.0266. The van der Waals surface area contributed by atoms with Crippen LogP contribution in [0.5, 0.6) is 5.75 Å². The molecule has 0 aliphatic heterocycles. The van der Waals surface area contributed by atoms with E-state index in [1.807, 2.05) is 0 Å². The first-order chi connectivity index (χ1) is 40.6. The number of nitrogens with one attached hydrogen (secondary N) is 11. The Morgan fingerprint density at radius 3 is 1.25 bits per heavy atom. The molecule has 0 spiro atoms. The van der Waals surface area contributed by atoms with Crippen molar-refractivity contribution in [3.05, 3.63) is 29.8 Å². The highest BCUT2D eigenvalue weighted by Gasteiger charge is 2.38. The third kappa shape index (κ3) is 28.0. The molecule has 0 heterocycles. The molecule has 87 heavy (non-hydrogen) atoms. The molecule has 18 N–H and O–H groups in total. The van der Waals surface area contributed by atoms with Crippen molar-refractivity contribution in [2.24, 2.45) is 29.4 Å². The Balaban J connectivity index is 3.42. The smallest absolute Gasteiger partial charge is 0.326 e. The number of phenolic OH excluding ortho intramolecular Hbond substituents is 1. The minimum atomic E-state index is -1.98. The van der Waals surface area contributed by atoms with E-state index in [0.29, 0.717) is 12.0 Å². The number of amides is 11. The summed E-state index contributed by atoms with van der Waals surface area (Å²) < 4.78 is 0. The van der Waals surface area contributed by atoms with E-state index in [4.69, 9.17) is 5.73 Å². The zero-order chi connectivity index (χ0) is 66.6. The maximum atomic E-state index is 14.1. The number of rotatable bonds is 39. The van der Waals surface area contributed by atoms with Gasteiger partial charge in [-0.05, 0) is 74.5 Å². The Morgan fingerprint density at radius 1 is 0.471 bits per heavy atom. The van der Waals surface area contributed by atoms with Crippen molar-refractivity contribution in [1.82, 2.24) is 58.5 Å². The normalized spacial score (nSPS) is 15.7. The lowest BCUT2D eigenvalue weighted by Gasteiger charge is -2.28. The SMILES string of the molecule is CC[C@H](C)[C@H](NC(=O)[C@H](CS)NC(=O)[C@@H](NC(=O)[C@H](C)NC(=O)[C@H](CC(C)C)NC(=O)[C@H](CC(C)C)NC(=O)[C@H](CC(=O)O)NC(=O)[C@H](CO)NC(=O)[C@H](Cc1ccc(O)cc1)NC(=O)[C@H](CC(C)C)NC(=O)[C@H](CS)NC(=O)CN)[C@@H](C)O)C(=O)O. The van der Waals surface area contributed by atoms with Crippen molar-refractivity contribution >= 4 is 102 Å². The second kappa shape index (κ2) is 38.8. The van der Waals surface area contributed by atoms with Crippen LogP contribution in [0.2, 0.25) is 0 Å². The Kier molecular flexibility index (Phi) is 34.6. The van der Waals surface area contributed by atoms with Crippen molar-refractivity contribution in [1.29, 1.82) is 0 Å². The van der Waals surface area contributed by atoms with E-state index in [0.717, 1.165) is 6.92 Å². The maximum Gasteiger partial charge on any atom is 0.326 e. The van der Waals surface area contributed by atoms with Crippen LogP contribution in [0, 0.1) is 23.7 Å². The molecule has 0 bridgehead atoms. The lowest BCUT2D eigenvalue weighted by Crippen LogP contribution is -2.62. The van der Waals surface area contributed by atoms with Crippen LogP contribution in [0.15, 0.2) is 24.3 Å². The number of aromatic hydroxyl groups is 1. The van der Waals surface area contributed by atoms with Crippen molar-refractivity contribution in [3.63, 3.8) is 0 Å². The van der Waals surface area contributed by atoms with Crippen LogP contribution in [0.3, 0.4) is 0 Å². The van der Waals surface area contributed by atoms with E-state index in [2.05, 4.69) is 83.7 Å². The maximum absolute atomic E-state index is 14.1. The fourth-order valence-electron chi connectivity index (χ4n) is 8.30. The topological polar surface area (TPSA) is 481 Å². The van der Waals surface area contributed by atoms with E-state index in [1.54, 1.807) is 55.4 Å². The van der Waals surface area contributed by atoms with Gasteiger partial charge in [-0.1, -0.05) is 73.9 Å². The summed E-state index contributed by atoms with van der Waals surface area (Å²) in [6, 6.07) is -11.3. The van der Waals surface area contributed by atoms with Gasteiger partial charge in [-0.25, -0.2) is 4.79 Å². The minimum Gasteiger partial charge on any atom is -0.508 e. The third-order valence-electron chi connectivity index (χ3n) is 13.3. The largest absolute Gasteiger partial charge is 0.508 e. The van der Waals surface area contributed by atoms with Gasteiger partial charge >= 0.3 is 11.9 Å². The number of carbonyl (C=O) groups is 13. The Bertz CT molecular complexity index is 2530. The van der Waals surface area contributed by atoms with Gasteiger partial charge in [0.15, 0.2) is 0 Å². The number of aliphatic carboxylic acids is 2. The van der Waals surface area contributed by atoms with Gasteiger partial charge in [-0.3, -0.25) is 57.5 Å². The van der Waals surface area contributed by atoms with Gasteiger partial charge in [-0.15, -0.1) is 0 Å². The van der Waals surface area contributed by atoms with Crippen molar-refractivity contribution in [2.75, 3.05) is 24.7 Å². The quantitative estimate of drug-likeness (QED) is 0.0281. The summed E-state index contributed by atoms with van der Waals surface area (Å²) in [6.07, 6.45) is -2.72. The summed E-state index contributed by atoms with van der Waals surface area (Å²) in [6.45, 7) is 14.4. The van der Waals surface area contributed by atoms with Gasteiger partial charge in [0.25, 0.3) is 0 Å². The second-order valence-corrected chi connectivity index (χ2v) is 23.1. The highest BCUT2D eigenvalue weighted by Crippen LogP contribution is 2.15. The summed E-state index contributed by atoms with van der Waals surface area (Å²) in [5, 5.41) is 76.7. The summed E-state index contributed by atoms with van der Waals surface area (Å²) in [7, 11) is 0. The number of hydrogen-bond donors (Lipinski definition) is 19. The number of carboxylic acid groups (broad SMARTS) is 2. The van der Waals surface area contributed by atoms with Crippen LogP contribution in [-0.2, 0) is 68.7 Å². The molecule has 0 fully saturated rings. The zero-order valence-electron chi connectivity index (χ0n) is 50.6. The van der Waals surface area contributed by atoms with Gasteiger partial charge in [0, 0.05) is 17.9 Å². The zero-order valence-corrected chi connectivity index (χ0v) is 52.4. The van der Waals surface area contributed by atoms with E-state index < -0.39 is 175 Å². The number of hydrogen-bond acceptors (Lipinski definition) is 19. The third-order valence-corrected chi connectivity index (χ3v) is 14.0. The molecule has 13 atom stereocenters. The number of carboxylic acids is 2. The number of aliphatic hydroxyl groups is 2. The van der Waals surface area contributed by atoms with Crippen molar-refractivity contribution in [2.45, 2.75) is 180 Å². The molecule has 0 radical (unpaired) electrons. The van der Waals surface area contributed by atoms with Crippen LogP contribution in [0.1, 0.15) is 107 Å². The number of carbonyl (C=O) groups excluding carboxylic acids is 11. The van der Waals surface area contributed by atoms with Gasteiger partial charge < -0.3 is 89.8 Å². The average Bonchev–Trinajstić information content (AvgIpc) is 3.26. The second-order valence-electron chi connectivity index (χ2n) is 22.3. The standard InChI is InChI=1S/C55H90N12O18S2/c1-11-28(8)43(55(84)85)66-53(82)40(24-87)65-54(83)44(30(10)69)67-45(74)29(9)57-46(75)33(16-25(2)3)59-47(76)34(17-26(4)5)60-50(79)37(20-42(72)73)63-51(80)38(22-68)64-49(78)36(19-31-12-14-32(70)15-13-31)62-48(77)35(18-27(6)7)61-52(81)39(23-86)58-41(71)21-56/h12-15,25-30,33-40,43-44,68-70,86-87H,11,16-24,56H2,1-10H3,(H,57,75)(H,58,71)(H,59,76)(H,60,79)(H,61,81)(H,62,77)(H,63,80)(H,64,78)(H,65,83)(H,66,82)(H,67,74)(H,72,73)(H,84,85)/t28-,29-,30+,33-,34-,35-,36-,37-,38-,39-,40-,43-,44-/m0/s1. The predicted octanol–water partition coefficient (Wildman–Crippen LogP) is -3.78. The molecule has 490 valence electrons. The number of aliphatic hydroxyl groups excluding tert-OH is 2. The predicted molar refractivity (Wildman–Crippen MR) is 322 cm³/mol. The highest BCUT2D eigenvalue weighted by molar-refractivity contribution is 7.80. The molecule has 1 rings (SSSR count). The highest BCUT2D eigenvalue weighted by atomic mass is 32.1. The number of nitrogens with two attached hydrogens (primary N) is 1. The van der Waals surface area contributed by atoms with Crippen molar-refractivity contribution in [3.8, 4) is 5.75 Å². The molecule has 0 aliphatic carbocycles. The first-order valence-corrected chi connectivity index (χ1v) is 29.7. The Morgan fingerprint density at radius 2 is 0.839 bits per heavy atom. The lowest BCUT2D eigenvalue weighted by atomic mass is 9.99. The molecule has 0 unspecified atom stereocenters. The van der Waals surface area contributed by atoms with E-state index in [9.17, 15) is 87.9 Å². The van der Waals surface area contributed by atoms with Crippen LogP contribution in [-0.4, -0.2) is 200 Å². The molecule has 0 saturated carbocycles. The molecule has 0 saturated heterocycles. The molecule has 30 nitrogen and oxygen atoms in total. The monoisotopic (exact) mass is 1270 g/mol. The molecule has 11 amide bonds. The number of benzene rings is 1. The number of thiol groups is 2. The van der Waals surface area contributed by atoms with E-state index >= 15 is 0 Å². The van der Waals surface area contributed by atoms with E-state index in [1.165, 1.54) is 31.2 Å². The van der Waals surface area contributed by atoms with Crippen LogP contribution in [0.25, 0.3) is 0 Å². The first kappa shape index (κ1) is 77.7. The summed E-state index contributed by atoms with van der Waals surface area (Å²) in [4.78, 5) is 173. The fourth-order valence-corrected chi connectivity index (χ4v) is 8.81. The van der Waals surface area contributed by atoms with Crippen LogP contribution < -0.4 is 64.2 Å². The molecule has 1 aromatic carbocycles. The molecule has 0 aromatic heterocycles. The van der Waals surface area contributed by atoms with Gasteiger partial charge in [0.2, 0.25) is 65.0 Å². The molecule has 1 aromatic rings. The molecular formula is C55H90N12O18S2. The Hall–Kier alpha value is -7.29. The van der Waals surface area contributed by atoms with Gasteiger partial charge in [0.1, 0.15) is 72.2 Å². The van der Waals surface area contributed by atoms with Gasteiger partial charge in [-0.2, -0.15) is 25.3 Å². The number of phenols is 1. The van der Waals surface area contributed by atoms with Crippen LogP contribution in [0.4, 0.5) is 0 Å². The molecular weight excluding hydrogens is 1180 g/mol. The fraction of sp³-hybridized carbons (Fsp3) is 0.655.